The fourth-order valence-electron chi connectivity index (χ4n) is 3.40. The number of nitrogens with one attached hydrogen (secondary N) is 3. The number of pyridine rings is 1. The van der Waals surface area contributed by atoms with E-state index in [0.29, 0.717) is 18.1 Å². The van der Waals surface area contributed by atoms with Crippen molar-refractivity contribution in [3.8, 4) is 5.75 Å². The molecule has 0 saturated heterocycles. The Balaban J connectivity index is 1.55. The molecule has 0 unspecified atom stereocenters. The van der Waals surface area contributed by atoms with Gasteiger partial charge < -0.3 is 25.8 Å². The summed E-state index contributed by atoms with van der Waals surface area (Å²) in [5.41, 5.74) is 3.76. The highest BCUT2D eigenvalue weighted by Crippen LogP contribution is 2.26. The zero-order valence-electron chi connectivity index (χ0n) is 20.2. The van der Waals surface area contributed by atoms with Crippen molar-refractivity contribution in [2.75, 3.05) is 24.3 Å². The van der Waals surface area contributed by atoms with Crippen LogP contribution >= 0.6 is 11.3 Å². The molecule has 0 aliphatic carbocycles. The number of rotatable bonds is 10. The second kappa shape index (κ2) is 10.9. The zero-order chi connectivity index (χ0) is 25.7. The lowest BCUT2D eigenvalue weighted by Gasteiger charge is -2.22. The van der Waals surface area contributed by atoms with Crippen molar-refractivity contribution >= 4 is 44.7 Å². The summed E-state index contributed by atoms with van der Waals surface area (Å²) in [6.07, 6.45) is -0.177. The summed E-state index contributed by atoms with van der Waals surface area (Å²) < 4.78 is 20.4. The lowest BCUT2D eigenvalue weighted by Crippen LogP contribution is -2.42. The second-order valence-corrected chi connectivity index (χ2v) is 9.69. The summed E-state index contributed by atoms with van der Waals surface area (Å²) in [6, 6.07) is 15.1. The minimum Gasteiger partial charge on any atom is -0.497 e. The molecule has 2 heterocycles. The number of carbonyl (C=O) groups excluding carboxylic acids is 1. The Morgan fingerprint density at radius 1 is 1.17 bits per heavy atom. The number of amides is 1. The molecule has 10 heteroatoms. The van der Waals surface area contributed by atoms with Crippen molar-refractivity contribution in [1.82, 2.24) is 15.3 Å². The molecule has 2 aromatic heterocycles. The number of anilines is 3. The molecule has 0 saturated carbocycles. The van der Waals surface area contributed by atoms with E-state index in [-0.39, 0.29) is 12.1 Å². The highest BCUT2D eigenvalue weighted by Gasteiger charge is 2.27. The Kier molecular flexibility index (Phi) is 7.66. The minimum atomic E-state index is -1.62. The third-order valence-corrected chi connectivity index (χ3v) is 6.39. The SMILES string of the molecule is COc1ccc(CNc2cc(Nc3ccc4ncsc4c3)ncc2C(=O)NC[C@@H](F)C(C)(C)O)cc1. The first-order valence-corrected chi connectivity index (χ1v) is 12.2. The molecular weight excluding hydrogens is 481 g/mol. The van der Waals surface area contributed by atoms with Crippen molar-refractivity contribution in [2.24, 2.45) is 0 Å². The fourth-order valence-corrected chi connectivity index (χ4v) is 4.12. The van der Waals surface area contributed by atoms with Gasteiger partial charge in [-0.1, -0.05) is 12.1 Å². The number of benzene rings is 2. The zero-order valence-corrected chi connectivity index (χ0v) is 21.0. The van der Waals surface area contributed by atoms with Gasteiger partial charge in [0.05, 0.1) is 46.2 Å². The summed E-state index contributed by atoms with van der Waals surface area (Å²) in [7, 11) is 1.61. The predicted molar refractivity (Wildman–Crippen MR) is 141 cm³/mol. The van der Waals surface area contributed by atoms with E-state index < -0.39 is 17.7 Å². The van der Waals surface area contributed by atoms with E-state index in [4.69, 9.17) is 4.74 Å². The average Bonchev–Trinajstić information content (AvgIpc) is 3.33. The summed E-state index contributed by atoms with van der Waals surface area (Å²) in [6.45, 7) is 2.83. The van der Waals surface area contributed by atoms with Crippen LogP contribution < -0.4 is 20.7 Å². The second-order valence-electron chi connectivity index (χ2n) is 8.81. The highest BCUT2D eigenvalue weighted by molar-refractivity contribution is 7.16. The smallest absolute Gasteiger partial charge is 0.255 e. The lowest BCUT2D eigenvalue weighted by atomic mass is 10.0. The van der Waals surface area contributed by atoms with Gasteiger partial charge in [0.1, 0.15) is 17.7 Å². The Hall–Kier alpha value is -3.76. The number of hydrogen-bond donors (Lipinski definition) is 4. The van der Waals surface area contributed by atoms with Crippen LogP contribution in [0.15, 0.2) is 60.2 Å². The van der Waals surface area contributed by atoms with Crippen LogP contribution in [0.3, 0.4) is 0 Å². The van der Waals surface area contributed by atoms with Crippen molar-refractivity contribution < 1.29 is 19.0 Å². The molecule has 4 rings (SSSR count). The van der Waals surface area contributed by atoms with E-state index in [1.165, 1.54) is 20.0 Å². The van der Waals surface area contributed by atoms with Crippen LogP contribution in [0.25, 0.3) is 10.2 Å². The molecule has 1 amide bonds. The maximum Gasteiger partial charge on any atom is 0.255 e. The van der Waals surface area contributed by atoms with Crippen LogP contribution in [0.5, 0.6) is 5.75 Å². The monoisotopic (exact) mass is 509 g/mol. The number of carbonyl (C=O) groups is 1. The largest absolute Gasteiger partial charge is 0.497 e. The molecule has 0 bridgehead atoms. The van der Waals surface area contributed by atoms with Gasteiger partial charge >= 0.3 is 0 Å². The lowest BCUT2D eigenvalue weighted by molar-refractivity contribution is -0.00177. The van der Waals surface area contributed by atoms with Crippen molar-refractivity contribution in [3.05, 3.63) is 71.4 Å². The molecule has 1 atom stereocenters. The van der Waals surface area contributed by atoms with Crippen LogP contribution in [0.1, 0.15) is 29.8 Å². The van der Waals surface area contributed by atoms with E-state index >= 15 is 0 Å². The van der Waals surface area contributed by atoms with Crippen LogP contribution in [0, 0.1) is 0 Å². The van der Waals surface area contributed by atoms with Crippen molar-refractivity contribution in [3.63, 3.8) is 0 Å². The number of alkyl halides is 1. The number of nitrogens with zero attached hydrogens (tertiary/aromatic N) is 2. The molecule has 8 nitrogen and oxygen atoms in total. The normalized spacial score (nSPS) is 12.2. The number of methoxy groups -OCH3 is 1. The Bertz CT molecular complexity index is 1340. The van der Waals surface area contributed by atoms with E-state index in [2.05, 4.69) is 25.9 Å². The first-order valence-electron chi connectivity index (χ1n) is 11.3. The van der Waals surface area contributed by atoms with E-state index in [1.807, 2.05) is 42.5 Å². The Morgan fingerprint density at radius 3 is 2.67 bits per heavy atom. The maximum absolute atomic E-state index is 14.2. The standard InChI is InChI=1S/C26H28FN5O3S/c1-26(2,34)23(27)14-30-25(33)19-13-29-24(32-17-6-9-20-22(10-17)36-15-31-20)11-21(19)28-12-16-4-7-18(35-3)8-5-16/h4-11,13,15,23,34H,12,14H2,1-3H3,(H,30,33)(H2,28,29,32)/t23-/m1/s1. The molecule has 4 N–H and O–H groups in total. The fraction of sp³-hybridized carbons (Fsp3) is 0.269. The molecule has 0 aliphatic heterocycles. The number of thiazole rings is 1. The van der Waals surface area contributed by atoms with Crippen LogP contribution in [-0.2, 0) is 6.54 Å². The van der Waals surface area contributed by atoms with E-state index in [9.17, 15) is 14.3 Å². The number of ether oxygens (including phenoxy) is 1. The van der Waals surface area contributed by atoms with Gasteiger partial charge in [0.2, 0.25) is 0 Å². The number of fused-ring (bicyclic) bond motifs is 1. The summed E-state index contributed by atoms with van der Waals surface area (Å²) >= 11 is 1.55. The first-order chi connectivity index (χ1) is 17.2. The van der Waals surface area contributed by atoms with Gasteiger partial charge in [-0.25, -0.2) is 14.4 Å². The van der Waals surface area contributed by atoms with Gasteiger partial charge in [0.15, 0.2) is 0 Å². The van der Waals surface area contributed by atoms with Crippen LogP contribution in [-0.4, -0.2) is 46.4 Å². The third kappa shape index (κ3) is 6.27. The predicted octanol–water partition coefficient (Wildman–Crippen LogP) is 4.89. The number of halogens is 1. The molecule has 0 spiro atoms. The van der Waals surface area contributed by atoms with Crippen LogP contribution in [0.4, 0.5) is 21.6 Å². The average molecular weight is 510 g/mol. The Morgan fingerprint density at radius 2 is 1.94 bits per heavy atom. The summed E-state index contributed by atoms with van der Waals surface area (Å²) in [4.78, 5) is 21.6. The number of aromatic nitrogens is 2. The quantitative estimate of drug-likeness (QED) is 0.241. The first kappa shape index (κ1) is 25.3. The molecule has 36 heavy (non-hydrogen) atoms. The minimum absolute atomic E-state index is 0.259. The maximum atomic E-state index is 14.2. The molecule has 2 aromatic carbocycles. The van der Waals surface area contributed by atoms with Gasteiger partial charge in [-0.2, -0.15) is 0 Å². The van der Waals surface area contributed by atoms with Crippen molar-refractivity contribution in [2.45, 2.75) is 32.2 Å². The van der Waals surface area contributed by atoms with Gasteiger partial charge in [0.25, 0.3) is 5.91 Å². The van der Waals surface area contributed by atoms with E-state index in [0.717, 1.165) is 27.2 Å². The molecular formula is C26H28FN5O3S. The topological polar surface area (TPSA) is 108 Å². The number of hydrogen-bond acceptors (Lipinski definition) is 8. The van der Waals surface area contributed by atoms with E-state index in [1.54, 1.807) is 30.0 Å². The van der Waals surface area contributed by atoms with Crippen molar-refractivity contribution in [1.29, 1.82) is 0 Å². The molecule has 188 valence electrons. The van der Waals surface area contributed by atoms with Gasteiger partial charge in [-0.3, -0.25) is 4.79 Å². The molecule has 0 radical (unpaired) electrons. The highest BCUT2D eigenvalue weighted by atomic mass is 32.1. The van der Waals surface area contributed by atoms with Gasteiger partial charge in [0, 0.05) is 24.5 Å². The third-order valence-electron chi connectivity index (χ3n) is 5.60. The van der Waals surface area contributed by atoms with Gasteiger partial charge in [-0.05, 0) is 49.7 Å². The summed E-state index contributed by atoms with van der Waals surface area (Å²) in [5.74, 6) is 0.788. The summed E-state index contributed by atoms with van der Waals surface area (Å²) in [5, 5.41) is 18.9. The van der Waals surface area contributed by atoms with Crippen LogP contribution in [0.2, 0.25) is 0 Å². The Labute approximate surface area is 212 Å². The molecule has 0 aliphatic rings. The van der Waals surface area contributed by atoms with Gasteiger partial charge in [-0.15, -0.1) is 11.3 Å². The molecule has 4 aromatic rings. The number of aliphatic hydroxyl groups is 1. The molecule has 0 fully saturated rings.